The Kier molecular flexibility index (Phi) is 8.39. The molecular weight excluding hydrogens is 543 g/mol. The van der Waals surface area contributed by atoms with Crippen molar-refractivity contribution in [3.63, 3.8) is 0 Å². The molecular formula is C21H31IN6O3S. The van der Waals surface area contributed by atoms with Crippen molar-refractivity contribution in [3.05, 3.63) is 47.9 Å². The van der Waals surface area contributed by atoms with Crippen molar-refractivity contribution in [2.45, 2.75) is 25.1 Å². The van der Waals surface area contributed by atoms with Crippen LogP contribution in [-0.4, -0.2) is 81.1 Å². The van der Waals surface area contributed by atoms with Crippen LogP contribution in [0.25, 0.3) is 0 Å². The first kappa shape index (κ1) is 24.8. The maximum Gasteiger partial charge on any atom is 0.220 e. The third-order valence-corrected chi connectivity index (χ3v) is 7.79. The van der Waals surface area contributed by atoms with Gasteiger partial charge in [-0.3, -0.25) is 4.99 Å². The fourth-order valence-corrected chi connectivity index (χ4v) is 5.70. The summed E-state index contributed by atoms with van der Waals surface area (Å²) in [6, 6.07) is 10.5. The molecule has 4 rings (SSSR count). The monoisotopic (exact) mass is 574 g/mol. The molecule has 2 aliphatic heterocycles. The van der Waals surface area contributed by atoms with Crippen LogP contribution in [0.2, 0.25) is 0 Å². The maximum atomic E-state index is 12.6. The standard InChI is InChI=1S/C21H30N6O3S.HI/c1-17(27-9-7-18-5-3-4-6-20(18)27)15-23-21(22-2)25-10-12-26(13-11-25)31(28,29)16-19-8-14-30-24-19;/h3-6,8,14,17H,7,9-13,15-16H2,1-2H3,(H,22,23);1H. The van der Waals surface area contributed by atoms with Crippen LogP contribution >= 0.6 is 24.0 Å². The number of nitrogens with zero attached hydrogens (tertiary/aromatic N) is 5. The summed E-state index contributed by atoms with van der Waals surface area (Å²) in [6.45, 7) is 6.06. The second-order valence-corrected chi connectivity index (χ2v) is 9.95. The molecule has 1 aromatic heterocycles. The molecule has 0 spiro atoms. The molecule has 3 heterocycles. The minimum atomic E-state index is -3.41. The Morgan fingerprint density at radius 3 is 2.62 bits per heavy atom. The Bertz CT molecular complexity index is 1010. The molecule has 1 atom stereocenters. The van der Waals surface area contributed by atoms with Crippen LogP contribution < -0.4 is 10.2 Å². The first-order valence-electron chi connectivity index (χ1n) is 10.6. The summed E-state index contributed by atoms with van der Waals surface area (Å²) in [5, 5.41) is 7.20. The largest absolute Gasteiger partial charge is 0.366 e. The Labute approximate surface area is 206 Å². The number of piperazine rings is 1. The van der Waals surface area contributed by atoms with E-state index in [9.17, 15) is 8.42 Å². The van der Waals surface area contributed by atoms with Gasteiger partial charge >= 0.3 is 0 Å². The normalized spacial score (nSPS) is 18.2. The predicted octanol–water partition coefficient (Wildman–Crippen LogP) is 1.77. The van der Waals surface area contributed by atoms with Gasteiger partial charge < -0.3 is 19.6 Å². The van der Waals surface area contributed by atoms with Crippen molar-refractivity contribution in [2.75, 3.05) is 51.2 Å². The lowest BCUT2D eigenvalue weighted by molar-refractivity contribution is 0.259. The summed E-state index contributed by atoms with van der Waals surface area (Å²) in [5.74, 6) is 0.679. The molecule has 11 heteroatoms. The second kappa shape index (κ2) is 10.8. The van der Waals surface area contributed by atoms with E-state index in [1.54, 1.807) is 13.1 Å². The fourth-order valence-electron chi connectivity index (χ4n) is 4.27. The number of halogens is 1. The number of nitrogens with one attached hydrogen (secondary N) is 1. The number of hydrogen-bond donors (Lipinski definition) is 1. The first-order valence-corrected chi connectivity index (χ1v) is 12.3. The number of hydrogen-bond acceptors (Lipinski definition) is 6. The van der Waals surface area contributed by atoms with Gasteiger partial charge in [0.15, 0.2) is 5.96 Å². The summed E-state index contributed by atoms with van der Waals surface area (Å²) < 4.78 is 31.5. The lowest BCUT2D eigenvalue weighted by atomic mass is 10.2. The topological polar surface area (TPSA) is 94.3 Å². The first-order chi connectivity index (χ1) is 15.0. The Morgan fingerprint density at radius 2 is 1.94 bits per heavy atom. The number of para-hydroxylation sites is 1. The second-order valence-electron chi connectivity index (χ2n) is 7.98. The van der Waals surface area contributed by atoms with Crippen LogP contribution in [-0.2, 0) is 22.2 Å². The minimum Gasteiger partial charge on any atom is -0.366 e. The SMILES string of the molecule is CN=C(NCC(C)N1CCc2ccccc21)N1CCN(S(=O)(=O)Cc2ccon2)CC1.I. The van der Waals surface area contributed by atoms with Gasteiger partial charge in [-0.25, -0.2) is 8.42 Å². The van der Waals surface area contributed by atoms with E-state index in [1.807, 2.05) is 0 Å². The van der Waals surface area contributed by atoms with Gasteiger partial charge in [-0.15, -0.1) is 24.0 Å². The van der Waals surface area contributed by atoms with Gasteiger partial charge in [-0.05, 0) is 25.0 Å². The molecule has 1 unspecified atom stereocenters. The lowest BCUT2D eigenvalue weighted by Crippen LogP contribution is -2.55. The third-order valence-electron chi connectivity index (χ3n) is 5.98. The van der Waals surface area contributed by atoms with Gasteiger partial charge in [0.25, 0.3) is 0 Å². The van der Waals surface area contributed by atoms with Crippen LogP contribution in [0.4, 0.5) is 5.69 Å². The van der Waals surface area contributed by atoms with Crippen molar-refractivity contribution >= 4 is 45.6 Å². The molecule has 32 heavy (non-hydrogen) atoms. The van der Waals surface area contributed by atoms with Gasteiger partial charge in [0.05, 0.1) is 5.69 Å². The highest BCUT2D eigenvalue weighted by Crippen LogP contribution is 2.28. The molecule has 0 bridgehead atoms. The van der Waals surface area contributed by atoms with Crippen molar-refractivity contribution in [3.8, 4) is 0 Å². The number of guanidine groups is 1. The Morgan fingerprint density at radius 1 is 1.19 bits per heavy atom. The Balaban J connectivity index is 0.00000289. The molecule has 1 fully saturated rings. The predicted molar refractivity (Wildman–Crippen MR) is 136 cm³/mol. The van der Waals surface area contributed by atoms with Crippen molar-refractivity contribution in [2.24, 2.45) is 4.99 Å². The van der Waals surface area contributed by atoms with Gasteiger partial charge in [0, 0.05) is 64.1 Å². The highest BCUT2D eigenvalue weighted by Gasteiger charge is 2.29. The zero-order valence-corrected chi connectivity index (χ0v) is 21.6. The molecule has 1 saturated heterocycles. The molecule has 9 nitrogen and oxygen atoms in total. The smallest absolute Gasteiger partial charge is 0.220 e. The van der Waals surface area contributed by atoms with E-state index < -0.39 is 10.0 Å². The number of sulfonamides is 1. The molecule has 0 saturated carbocycles. The van der Waals surface area contributed by atoms with Crippen molar-refractivity contribution in [1.29, 1.82) is 0 Å². The number of aliphatic imine (C=N–C) groups is 1. The summed E-state index contributed by atoms with van der Waals surface area (Å²) in [6.07, 6.45) is 2.47. The summed E-state index contributed by atoms with van der Waals surface area (Å²) in [4.78, 5) is 8.98. The van der Waals surface area contributed by atoms with Crippen molar-refractivity contribution < 1.29 is 12.9 Å². The molecule has 1 aromatic carbocycles. The van der Waals surface area contributed by atoms with Crippen LogP contribution in [0.1, 0.15) is 18.2 Å². The summed E-state index contributed by atoms with van der Waals surface area (Å²) >= 11 is 0. The number of benzene rings is 1. The highest BCUT2D eigenvalue weighted by molar-refractivity contribution is 14.0. The zero-order valence-electron chi connectivity index (χ0n) is 18.5. The van der Waals surface area contributed by atoms with Gasteiger partial charge in [-0.2, -0.15) is 4.31 Å². The van der Waals surface area contributed by atoms with E-state index in [2.05, 4.69) is 56.5 Å². The highest BCUT2D eigenvalue weighted by atomic mass is 127. The quantitative estimate of drug-likeness (QED) is 0.320. The maximum absolute atomic E-state index is 12.6. The van der Waals surface area contributed by atoms with Gasteiger partial charge in [-0.1, -0.05) is 23.4 Å². The van der Waals surface area contributed by atoms with Crippen LogP contribution in [0.3, 0.4) is 0 Å². The molecule has 0 radical (unpaired) electrons. The van der Waals surface area contributed by atoms with E-state index in [4.69, 9.17) is 4.52 Å². The van der Waals surface area contributed by atoms with E-state index in [1.165, 1.54) is 21.8 Å². The van der Waals surface area contributed by atoms with E-state index in [-0.39, 0.29) is 29.7 Å². The molecule has 2 aliphatic rings. The van der Waals surface area contributed by atoms with Crippen LogP contribution in [0.5, 0.6) is 0 Å². The zero-order chi connectivity index (χ0) is 21.8. The lowest BCUT2D eigenvalue weighted by Gasteiger charge is -2.36. The molecule has 176 valence electrons. The summed E-state index contributed by atoms with van der Waals surface area (Å²) in [5.41, 5.74) is 3.15. The number of fused-ring (bicyclic) bond motifs is 1. The fraction of sp³-hybridized carbons (Fsp3) is 0.524. The van der Waals surface area contributed by atoms with Crippen LogP contribution in [0.15, 0.2) is 46.1 Å². The summed E-state index contributed by atoms with van der Waals surface area (Å²) in [7, 11) is -1.64. The van der Waals surface area contributed by atoms with E-state index in [0.717, 1.165) is 25.5 Å². The average Bonchev–Trinajstić information content (AvgIpc) is 3.44. The molecule has 0 amide bonds. The van der Waals surface area contributed by atoms with Gasteiger partial charge in [0.2, 0.25) is 10.0 Å². The molecule has 0 aliphatic carbocycles. The van der Waals surface area contributed by atoms with E-state index in [0.29, 0.717) is 37.9 Å². The van der Waals surface area contributed by atoms with Crippen LogP contribution in [0, 0.1) is 0 Å². The average molecular weight is 574 g/mol. The number of aromatic nitrogens is 1. The Hall–Kier alpha value is -1.86. The minimum absolute atomic E-state index is 0. The van der Waals surface area contributed by atoms with E-state index >= 15 is 0 Å². The van der Waals surface area contributed by atoms with Gasteiger partial charge in [0.1, 0.15) is 12.0 Å². The molecule has 1 N–H and O–H groups in total. The number of anilines is 1. The molecule has 2 aromatic rings. The number of rotatable bonds is 6. The van der Waals surface area contributed by atoms with Crippen molar-refractivity contribution in [1.82, 2.24) is 19.7 Å². The third kappa shape index (κ3) is 5.54.